The lowest BCUT2D eigenvalue weighted by Crippen LogP contribution is -2.47. The van der Waals surface area contributed by atoms with Gasteiger partial charge in [-0.1, -0.05) is 13.8 Å². The number of aromatic nitrogens is 1. The molecule has 2 heterocycles. The average molecular weight is 323 g/mol. The van der Waals surface area contributed by atoms with Gasteiger partial charge < -0.3 is 14.8 Å². The minimum absolute atomic E-state index is 0.176. The molecule has 0 unspecified atom stereocenters. The highest BCUT2D eigenvalue weighted by molar-refractivity contribution is 5.20. The molecule has 0 spiro atoms. The summed E-state index contributed by atoms with van der Waals surface area (Å²) in [5.74, 6) is 0.400. The Morgan fingerprint density at radius 1 is 1.13 bits per heavy atom. The molecule has 23 heavy (non-hydrogen) atoms. The first-order valence-corrected chi connectivity index (χ1v) is 8.47. The van der Waals surface area contributed by atoms with Crippen LogP contribution in [0.5, 0.6) is 5.75 Å². The molecule has 1 saturated heterocycles. The quantitative estimate of drug-likeness (QED) is 0.773. The molecule has 1 aromatic rings. The minimum Gasteiger partial charge on any atom is -0.503 e. The van der Waals surface area contributed by atoms with Crippen molar-refractivity contribution in [3.63, 3.8) is 0 Å². The van der Waals surface area contributed by atoms with Crippen molar-refractivity contribution in [2.45, 2.75) is 33.4 Å². The standard InChI is InChI=1S/C17H29N3O3/c1-14(2)3-4-20-13-17(23)16(22)11-15(20)12-19-7-5-18(6-8-19)9-10-21/h11,13-14,21,23H,3-10,12H2,1-2H3. The van der Waals surface area contributed by atoms with Crippen LogP contribution in [0.4, 0.5) is 0 Å². The van der Waals surface area contributed by atoms with Gasteiger partial charge in [0.1, 0.15) is 0 Å². The zero-order chi connectivity index (χ0) is 16.8. The summed E-state index contributed by atoms with van der Waals surface area (Å²) in [4.78, 5) is 16.4. The molecule has 0 atom stereocenters. The van der Waals surface area contributed by atoms with Crippen LogP contribution >= 0.6 is 0 Å². The van der Waals surface area contributed by atoms with Gasteiger partial charge >= 0.3 is 0 Å². The smallest absolute Gasteiger partial charge is 0.223 e. The van der Waals surface area contributed by atoms with Gasteiger partial charge in [-0.05, 0) is 12.3 Å². The number of rotatable bonds is 7. The second-order valence-corrected chi connectivity index (χ2v) is 6.73. The highest BCUT2D eigenvalue weighted by Crippen LogP contribution is 2.13. The molecule has 6 heteroatoms. The Kier molecular flexibility index (Phi) is 6.62. The molecule has 0 amide bonds. The largest absolute Gasteiger partial charge is 0.503 e. The number of aliphatic hydroxyl groups excluding tert-OH is 1. The Balaban J connectivity index is 2.03. The third kappa shape index (κ3) is 5.34. The molecule has 1 fully saturated rings. The summed E-state index contributed by atoms with van der Waals surface area (Å²) >= 11 is 0. The first-order chi connectivity index (χ1) is 11.0. The SMILES string of the molecule is CC(C)CCn1cc(O)c(=O)cc1CN1CCN(CCO)CC1. The van der Waals surface area contributed by atoms with E-state index in [9.17, 15) is 9.90 Å². The van der Waals surface area contributed by atoms with Gasteiger partial charge in [0, 0.05) is 57.6 Å². The van der Waals surface area contributed by atoms with E-state index in [0.717, 1.165) is 57.9 Å². The predicted octanol–water partition coefficient (Wildman–Crippen LogP) is 0.710. The van der Waals surface area contributed by atoms with E-state index in [2.05, 4.69) is 23.6 Å². The lowest BCUT2D eigenvalue weighted by atomic mass is 10.1. The summed E-state index contributed by atoms with van der Waals surface area (Å²) in [6, 6.07) is 1.57. The van der Waals surface area contributed by atoms with E-state index in [0.29, 0.717) is 5.92 Å². The van der Waals surface area contributed by atoms with Gasteiger partial charge in [0.05, 0.1) is 12.8 Å². The molecule has 1 aliphatic heterocycles. The van der Waals surface area contributed by atoms with Gasteiger partial charge in [0.15, 0.2) is 5.75 Å². The van der Waals surface area contributed by atoms with Gasteiger partial charge in [-0.15, -0.1) is 0 Å². The van der Waals surface area contributed by atoms with E-state index in [-0.39, 0.29) is 17.8 Å². The second kappa shape index (κ2) is 8.47. The maximum absolute atomic E-state index is 11.8. The Hall–Kier alpha value is -1.37. The van der Waals surface area contributed by atoms with E-state index in [1.54, 1.807) is 12.3 Å². The number of pyridine rings is 1. The lowest BCUT2D eigenvalue weighted by molar-refractivity contribution is 0.106. The van der Waals surface area contributed by atoms with Crippen molar-refractivity contribution in [2.24, 2.45) is 5.92 Å². The number of aryl methyl sites for hydroxylation is 1. The van der Waals surface area contributed by atoms with Crippen molar-refractivity contribution < 1.29 is 10.2 Å². The third-order valence-corrected chi connectivity index (χ3v) is 4.41. The van der Waals surface area contributed by atoms with Crippen LogP contribution in [0.3, 0.4) is 0 Å². The van der Waals surface area contributed by atoms with E-state index in [1.807, 2.05) is 4.57 Å². The summed E-state index contributed by atoms with van der Waals surface area (Å²) in [7, 11) is 0. The van der Waals surface area contributed by atoms with Crippen molar-refractivity contribution in [3.05, 3.63) is 28.2 Å². The molecule has 0 aromatic carbocycles. The van der Waals surface area contributed by atoms with Crippen LogP contribution in [0.1, 0.15) is 26.0 Å². The van der Waals surface area contributed by atoms with Gasteiger partial charge in [-0.3, -0.25) is 14.6 Å². The van der Waals surface area contributed by atoms with Gasteiger partial charge in [0.2, 0.25) is 5.43 Å². The highest BCUT2D eigenvalue weighted by atomic mass is 16.3. The molecule has 0 aliphatic carbocycles. The van der Waals surface area contributed by atoms with Gasteiger partial charge in [-0.2, -0.15) is 0 Å². The number of aromatic hydroxyl groups is 1. The summed E-state index contributed by atoms with van der Waals surface area (Å²) in [5.41, 5.74) is 0.656. The van der Waals surface area contributed by atoms with E-state index in [1.165, 1.54) is 0 Å². The van der Waals surface area contributed by atoms with E-state index < -0.39 is 0 Å². The zero-order valence-corrected chi connectivity index (χ0v) is 14.2. The molecular weight excluding hydrogens is 294 g/mol. The lowest BCUT2D eigenvalue weighted by Gasteiger charge is -2.34. The maximum atomic E-state index is 11.8. The molecule has 130 valence electrons. The number of β-amino-alcohol motifs (C(OH)–C–C–N with tert-alkyl or cyclic N) is 1. The first kappa shape index (κ1) is 18.0. The van der Waals surface area contributed by atoms with Crippen LogP contribution in [0, 0.1) is 5.92 Å². The Labute approximate surface area is 138 Å². The molecule has 6 nitrogen and oxygen atoms in total. The number of hydrogen-bond acceptors (Lipinski definition) is 5. The van der Waals surface area contributed by atoms with Crippen LogP contribution in [0.2, 0.25) is 0 Å². The molecule has 0 saturated carbocycles. The molecule has 2 N–H and O–H groups in total. The van der Waals surface area contributed by atoms with Crippen molar-refractivity contribution in [3.8, 4) is 5.75 Å². The Bertz CT molecular complexity index is 549. The van der Waals surface area contributed by atoms with Gasteiger partial charge in [-0.25, -0.2) is 0 Å². The predicted molar refractivity (Wildman–Crippen MR) is 90.6 cm³/mol. The van der Waals surface area contributed by atoms with E-state index >= 15 is 0 Å². The number of piperazine rings is 1. The molecular formula is C17H29N3O3. The number of hydrogen-bond donors (Lipinski definition) is 2. The fourth-order valence-corrected chi connectivity index (χ4v) is 2.89. The summed E-state index contributed by atoms with van der Waals surface area (Å²) in [6.07, 6.45) is 2.58. The summed E-state index contributed by atoms with van der Waals surface area (Å²) < 4.78 is 2.01. The Morgan fingerprint density at radius 2 is 1.78 bits per heavy atom. The normalized spacial score (nSPS) is 17.0. The number of nitrogens with zero attached hydrogens (tertiary/aromatic N) is 3. The zero-order valence-electron chi connectivity index (χ0n) is 14.2. The molecule has 0 bridgehead atoms. The van der Waals surface area contributed by atoms with Crippen LogP contribution in [0.25, 0.3) is 0 Å². The van der Waals surface area contributed by atoms with Crippen LogP contribution in [0.15, 0.2) is 17.1 Å². The third-order valence-electron chi connectivity index (χ3n) is 4.41. The molecule has 1 aliphatic rings. The highest BCUT2D eigenvalue weighted by Gasteiger charge is 2.18. The summed E-state index contributed by atoms with van der Waals surface area (Å²) in [6.45, 7) is 10.5. The molecule has 1 aromatic heterocycles. The minimum atomic E-state index is -0.306. The van der Waals surface area contributed by atoms with Crippen LogP contribution in [-0.4, -0.2) is 63.9 Å². The number of aliphatic hydroxyl groups is 1. The van der Waals surface area contributed by atoms with Crippen LogP contribution in [-0.2, 0) is 13.1 Å². The van der Waals surface area contributed by atoms with Crippen LogP contribution < -0.4 is 5.43 Å². The fraction of sp³-hybridized carbons (Fsp3) is 0.706. The molecule has 2 rings (SSSR count). The first-order valence-electron chi connectivity index (χ1n) is 8.47. The van der Waals surface area contributed by atoms with Crippen molar-refractivity contribution in [1.29, 1.82) is 0 Å². The maximum Gasteiger partial charge on any atom is 0.223 e. The van der Waals surface area contributed by atoms with E-state index in [4.69, 9.17) is 5.11 Å². The van der Waals surface area contributed by atoms with Gasteiger partial charge in [0.25, 0.3) is 0 Å². The summed E-state index contributed by atoms with van der Waals surface area (Å²) in [5, 5.41) is 18.7. The Morgan fingerprint density at radius 3 is 2.39 bits per heavy atom. The van der Waals surface area contributed by atoms with Crippen molar-refractivity contribution >= 4 is 0 Å². The molecule has 0 radical (unpaired) electrons. The van der Waals surface area contributed by atoms with Crippen molar-refractivity contribution in [1.82, 2.24) is 14.4 Å². The fourth-order valence-electron chi connectivity index (χ4n) is 2.89. The van der Waals surface area contributed by atoms with Crippen molar-refractivity contribution in [2.75, 3.05) is 39.3 Å². The monoisotopic (exact) mass is 323 g/mol. The second-order valence-electron chi connectivity index (χ2n) is 6.73. The topological polar surface area (TPSA) is 68.9 Å². The average Bonchev–Trinajstić information content (AvgIpc) is 2.51.